The summed E-state index contributed by atoms with van der Waals surface area (Å²) in [5, 5.41) is 26.8. The molecular formula is C29H33N3O8. The molecule has 0 saturated carbocycles. The Bertz CT molecular complexity index is 1380. The number of hydrogen-bond donors (Lipinski definition) is 3. The predicted octanol–water partition coefficient (Wildman–Crippen LogP) is 3.78. The molecule has 1 unspecified atom stereocenters. The number of phenols is 1. The summed E-state index contributed by atoms with van der Waals surface area (Å²) in [6.07, 6.45) is 0.476. The Morgan fingerprint density at radius 2 is 1.77 bits per heavy atom. The summed E-state index contributed by atoms with van der Waals surface area (Å²) in [7, 11) is 1.22. The van der Waals surface area contributed by atoms with Gasteiger partial charge in [0.2, 0.25) is 5.91 Å². The molecule has 0 aliphatic carbocycles. The Balaban J connectivity index is 1.87. The number of nitrogens with zero attached hydrogens (tertiary/aromatic N) is 1. The number of rotatable bonds is 10. The van der Waals surface area contributed by atoms with Crippen LogP contribution in [0, 0.1) is 10.1 Å². The first-order valence-corrected chi connectivity index (χ1v) is 12.7. The minimum atomic E-state index is -0.983. The monoisotopic (exact) mass is 551 g/mol. The number of nitro groups is 1. The zero-order chi connectivity index (χ0) is 29.6. The van der Waals surface area contributed by atoms with Crippen molar-refractivity contribution in [3.05, 3.63) is 92.3 Å². The van der Waals surface area contributed by atoms with E-state index in [0.717, 1.165) is 0 Å². The van der Waals surface area contributed by atoms with Gasteiger partial charge in [0.25, 0.3) is 5.69 Å². The van der Waals surface area contributed by atoms with Gasteiger partial charge in [0.1, 0.15) is 12.4 Å². The van der Waals surface area contributed by atoms with Crippen molar-refractivity contribution in [1.29, 1.82) is 0 Å². The van der Waals surface area contributed by atoms with Crippen LogP contribution in [0.2, 0.25) is 0 Å². The van der Waals surface area contributed by atoms with E-state index >= 15 is 0 Å². The topological polar surface area (TPSA) is 157 Å². The number of esters is 2. The summed E-state index contributed by atoms with van der Waals surface area (Å²) in [6.45, 7) is 6.69. The third-order valence-electron chi connectivity index (χ3n) is 6.38. The highest BCUT2D eigenvalue weighted by Crippen LogP contribution is 2.40. The van der Waals surface area contributed by atoms with Gasteiger partial charge in [0, 0.05) is 23.5 Å². The quantitative estimate of drug-likeness (QED) is 0.227. The summed E-state index contributed by atoms with van der Waals surface area (Å²) in [4.78, 5) is 50.0. The van der Waals surface area contributed by atoms with Crippen LogP contribution in [0.5, 0.6) is 5.75 Å². The Morgan fingerprint density at radius 1 is 1.10 bits per heavy atom. The molecule has 1 amide bonds. The van der Waals surface area contributed by atoms with Crippen molar-refractivity contribution < 1.29 is 33.9 Å². The third-order valence-corrected chi connectivity index (χ3v) is 6.38. The van der Waals surface area contributed by atoms with Crippen molar-refractivity contribution in [2.75, 3.05) is 13.7 Å². The van der Waals surface area contributed by atoms with Gasteiger partial charge in [-0.15, -0.1) is 0 Å². The van der Waals surface area contributed by atoms with Crippen LogP contribution in [0.3, 0.4) is 0 Å². The molecule has 1 heterocycles. The molecule has 0 radical (unpaired) electrons. The van der Waals surface area contributed by atoms with Crippen molar-refractivity contribution in [3.63, 3.8) is 0 Å². The first-order valence-electron chi connectivity index (χ1n) is 12.7. The van der Waals surface area contributed by atoms with Crippen LogP contribution in [-0.2, 0) is 30.3 Å². The number of ether oxygens (including phenoxy) is 2. The fraction of sp³-hybridized carbons (Fsp3) is 0.345. The first kappa shape index (κ1) is 29.9. The number of carbonyl (C=O) groups is 3. The van der Waals surface area contributed by atoms with Crippen LogP contribution in [0.25, 0.3) is 0 Å². The second-order valence-electron chi connectivity index (χ2n) is 10.0. The summed E-state index contributed by atoms with van der Waals surface area (Å²) in [5.41, 5.74) is 1.13. The van der Waals surface area contributed by atoms with Crippen molar-refractivity contribution >= 4 is 23.5 Å². The van der Waals surface area contributed by atoms with Gasteiger partial charge in [-0.3, -0.25) is 14.9 Å². The Hall–Kier alpha value is -4.67. The molecule has 1 aliphatic heterocycles. The largest absolute Gasteiger partial charge is 0.508 e. The van der Waals surface area contributed by atoms with Gasteiger partial charge in [-0.1, -0.05) is 31.2 Å². The highest BCUT2D eigenvalue weighted by atomic mass is 16.6. The van der Waals surface area contributed by atoms with Gasteiger partial charge >= 0.3 is 11.9 Å². The number of aromatic hydroxyl groups is 1. The van der Waals surface area contributed by atoms with Crippen LogP contribution >= 0.6 is 0 Å². The molecule has 0 fully saturated rings. The first-order chi connectivity index (χ1) is 18.9. The number of benzene rings is 2. The lowest BCUT2D eigenvalue weighted by atomic mass is 9.79. The number of non-ortho nitro benzene ring substituents is 1. The number of nitro benzene ring substituents is 1. The molecular weight excluding hydrogens is 518 g/mol. The molecule has 2 aromatic rings. The minimum absolute atomic E-state index is 0.0633. The second kappa shape index (κ2) is 12.5. The smallest absolute Gasteiger partial charge is 0.336 e. The summed E-state index contributed by atoms with van der Waals surface area (Å²) >= 11 is 0. The van der Waals surface area contributed by atoms with Gasteiger partial charge in [0.05, 0.1) is 41.1 Å². The van der Waals surface area contributed by atoms with E-state index in [1.54, 1.807) is 39.0 Å². The fourth-order valence-corrected chi connectivity index (χ4v) is 4.53. The molecule has 0 aromatic heterocycles. The summed E-state index contributed by atoms with van der Waals surface area (Å²) in [5.74, 6) is -2.63. The number of nitrogens with one attached hydrogen (secondary N) is 2. The molecule has 3 N–H and O–H groups in total. The van der Waals surface area contributed by atoms with E-state index in [-0.39, 0.29) is 41.5 Å². The van der Waals surface area contributed by atoms with Crippen molar-refractivity contribution in [2.24, 2.45) is 0 Å². The van der Waals surface area contributed by atoms with Gasteiger partial charge in [-0.2, -0.15) is 0 Å². The Labute approximate surface area is 232 Å². The number of phenolic OH excluding ortho intramolecular Hbond substituents is 1. The average molecular weight is 552 g/mol. The summed E-state index contributed by atoms with van der Waals surface area (Å²) in [6, 6.07) is 12.0. The van der Waals surface area contributed by atoms with Gasteiger partial charge in [-0.05, 0) is 50.5 Å². The molecule has 1 atom stereocenters. The van der Waals surface area contributed by atoms with Gasteiger partial charge < -0.3 is 25.2 Å². The molecule has 3 rings (SSSR count). The molecule has 11 nitrogen and oxygen atoms in total. The van der Waals surface area contributed by atoms with E-state index < -0.39 is 28.3 Å². The van der Waals surface area contributed by atoms with E-state index in [2.05, 4.69) is 10.6 Å². The standard InChI is InChI=1S/C29H33N3O8/c1-6-22-26(27(35)39-5)25(19-8-7-9-20(15-19)32(37)38)24(17(2)30-22)28(36)40-16-29(3,4)31-23(34)14-18-10-12-21(33)13-11-18/h7-13,15,25,30,33H,6,14,16H2,1-5H3,(H,31,34). The maximum absolute atomic E-state index is 13.6. The molecule has 0 spiro atoms. The number of allylic oxidation sites excluding steroid dienone is 2. The third kappa shape index (κ3) is 7.04. The molecule has 1 aliphatic rings. The lowest BCUT2D eigenvalue weighted by Crippen LogP contribution is -2.48. The van der Waals surface area contributed by atoms with Crippen molar-refractivity contribution in [2.45, 2.75) is 52.0 Å². The van der Waals surface area contributed by atoms with E-state index in [0.29, 0.717) is 28.9 Å². The predicted molar refractivity (Wildman–Crippen MR) is 146 cm³/mol. The Kier molecular flexibility index (Phi) is 9.31. The molecule has 40 heavy (non-hydrogen) atoms. The van der Waals surface area contributed by atoms with Gasteiger partial charge in [0.15, 0.2) is 0 Å². The van der Waals surface area contributed by atoms with E-state index in [1.807, 2.05) is 6.92 Å². The van der Waals surface area contributed by atoms with Crippen LogP contribution in [0.1, 0.15) is 51.2 Å². The molecule has 212 valence electrons. The van der Waals surface area contributed by atoms with Crippen LogP contribution in [0.15, 0.2) is 71.1 Å². The zero-order valence-electron chi connectivity index (χ0n) is 23.1. The number of methoxy groups -OCH3 is 1. The van der Waals surface area contributed by atoms with Crippen molar-refractivity contribution in [1.82, 2.24) is 10.6 Å². The summed E-state index contributed by atoms with van der Waals surface area (Å²) < 4.78 is 10.7. The maximum atomic E-state index is 13.6. The SMILES string of the molecule is CCC1=C(C(=O)OC)C(c2cccc([N+](=O)[O-])c2)C(C(=O)OCC(C)(C)NC(=O)Cc2ccc(O)cc2)=C(C)N1. The normalized spacial score (nSPS) is 15.3. The highest BCUT2D eigenvalue weighted by molar-refractivity contribution is 6.00. The average Bonchev–Trinajstić information content (AvgIpc) is 2.91. The van der Waals surface area contributed by atoms with E-state index in [4.69, 9.17) is 9.47 Å². The maximum Gasteiger partial charge on any atom is 0.336 e. The molecule has 0 bridgehead atoms. The molecule has 2 aromatic carbocycles. The second-order valence-corrected chi connectivity index (χ2v) is 10.0. The number of hydrogen-bond acceptors (Lipinski definition) is 9. The lowest BCUT2D eigenvalue weighted by Gasteiger charge is -2.32. The van der Waals surface area contributed by atoms with Gasteiger partial charge in [-0.25, -0.2) is 9.59 Å². The highest BCUT2D eigenvalue weighted by Gasteiger charge is 2.39. The zero-order valence-corrected chi connectivity index (χ0v) is 23.1. The number of dihydropyridines is 1. The van der Waals surface area contributed by atoms with Crippen LogP contribution in [-0.4, -0.2) is 47.1 Å². The fourth-order valence-electron chi connectivity index (χ4n) is 4.53. The van der Waals surface area contributed by atoms with E-state index in [9.17, 15) is 29.6 Å². The minimum Gasteiger partial charge on any atom is -0.508 e. The van der Waals surface area contributed by atoms with Crippen molar-refractivity contribution in [3.8, 4) is 5.75 Å². The van der Waals surface area contributed by atoms with Crippen LogP contribution in [0.4, 0.5) is 5.69 Å². The Morgan fingerprint density at radius 3 is 2.38 bits per heavy atom. The van der Waals surface area contributed by atoms with E-state index in [1.165, 1.54) is 37.4 Å². The molecule has 11 heteroatoms. The number of amides is 1. The lowest BCUT2D eigenvalue weighted by molar-refractivity contribution is -0.384. The molecule has 0 saturated heterocycles. The number of carbonyl (C=O) groups excluding carboxylic acids is 3. The van der Waals surface area contributed by atoms with Crippen LogP contribution < -0.4 is 10.6 Å².